The van der Waals surface area contributed by atoms with E-state index in [2.05, 4.69) is 21.2 Å². The quantitative estimate of drug-likeness (QED) is 0.785. The highest BCUT2D eigenvalue weighted by molar-refractivity contribution is 9.10. The Bertz CT molecular complexity index is 770. The van der Waals surface area contributed by atoms with E-state index in [4.69, 9.17) is 9.47 Å². The van der Waals surface area contributed by atoms with Crippen molar-refractivity contribution in [3.05, 3.63) is 44.2 Å². The molecule has 0 aliphatic heterocycles. The van der Waals surface area contributed by atoms with Gasteiger partial charge in [-0.25, -0.2) is 4.79 Å². The number of amides is 1. The predicted molar refractivity (Wildman–Crippen MR) is 93.8 cm³/mol. The van der Waals surface area contributed by atoms with E-state index in [1.807, 2.05) is 13.8 Å². The second kappa shape index (κ2) is 7.14. The normalized spacial score (nSPS) is 10.3. The van der Waals surface area contributed by atoms with Crippen molar-refractivity contribution >= 4 is 44.1 Å². The second-order valence-corrected chi connectivity index (χ2v) is 6.86. The predicted octanol–water partition coefficient (Wildman–Crippen LogP) is 4.17. The molecule has 0 spiro atoms. The van der Waals surface area contributed by atoms with Crippen molar-refractivity contribution in [3.8, 4) is 5.75 Å². The van der Waals surface area contributed by atoms with E-state index in [0.717, 1.165) is 10.4 Å². The lowest BCUT2D eigenvalue weighted by Crippen LogP contribution is -2.15. The van der Waals surface area contributed by atoms with Gasteiger partial charge in [0.15, 0.2) is 0 Å². The molecule has 1 aromatic heterocycles. The summed E-state index contributed by atoms with van der Waals surface area (Å²) in [6.07, 6.45) is 0. The van der Waals surface area contributed by atoms with Crippen LogP contribution in [0.4, 0.5) is 5.00 Å². The molecule has 2 rings (SSSR count). The lowest BCUT2D eigenvalue weighted by Gasteiger charge is -2.09. The van der Waals surface area contributed by atoms with Crippen molar-refractivity contribution in [2.75, 3.05) is 19.5 Å². The molecule has 0 bridgehead atoms. The zero-order valence-electron chi connectivity index (χ0n) is 13.2. The number of aryl methyl sites for hydroxylation is 1. The fourth-order valence-corrected chi connectivity index (χ4v) is 3.51. The van der Waals surface area contributed by atoms with Crippen LogP contribution in [0.25, 0.3) is 0 Å². The number of anilines is 1. The number of thiophene rings is 1. The van der Waals surface area contributed by atoms with E-state index in [-0.39, 0.29) is 5.91 Å². The number of esters is 1. The molecule has 5 nitrogen and oxygen atoms in total. The van der Waals surface area contributed by atoms with E-state index >= 15 is 0 Å². The number of benzene rings is 1. The maximum absolute atomic E-state index is 12.5. The van der Waals surface area contributed by atoms with Crippen molar-refractivity contribution in [3.63, 3.8) is 0 Å². The van der Waals surface area contributed by atoms with Gasteiger partial charge in [0.1, 0.15) is 10.8 Å². The van der Waals surface area contributed by atoms with Gasteiger partial charge >= 0.3 is 5.97 Å². The fraction of sp³-hybridized carbons (Fsp3) is 0.250. The number of carbonyl (C=O) groups is 2. The maximum atomic E-state index is 12.5. The largest absolute Gasteiger partial charge is 0.497 e. The van der Waals surface area contributed by atoms with E-state index in [9.17, 15) is 9.59 Å². The third kappa shape index (κ3) is 3.56. The molecule has 0 radical (unpaired) electrons. The zero-order chi connectivity index (χ0) is 17.1. The van der Waals surface area contributed by atoms with Crippen LogP contribution in [-0.4, -0.2) is 26.1 Å². The standard InChI is InChI=1S/C16H16BrNO4S/c1-8-9(2)23-15(13(8)16(20)22-4)18-14(19)11-7-10(21-3)5-6-12(11)17/h5-7H,1-4H3,(H,18,19). The third-order valence-electron chi connectivity index (χ3n) is 3.42. The highest BCUT2D eigenvalue weighted by atomic mass is 79.9. The summed E-state index contributed by atoms with van der Waals surface area (Å²) in [7, 11) is 2.85. The molecule has 0 fully saturated rings. The van der Waals surface area contributed by atoms with Crippen LogP contribution in [-0.2, 0) is 4.74 Å². The van der Waals surface area contributed by atoms with Crippen molar-refractivity contribution in [2.24, 2.45) is 0 Å². The molecule has 122 valence electrons. The molecule has 1 aromatic carbocycles. The number of nitrogens with one attached hydrogen (secondary N) is 1. The fourth-order valence-electron chi connectivity index (χ4n) is 2.04. The van der Waals surface area contributed by atoms with Crippen LogP contribution in [0.3, 0.4) is 0 Å². The van der Waals surface area contributed by atoms with E-state index in [0.29, 0.717) is 26.4 Å². The lowest BCUT2D eigenvalue weighted by atomic mass is 10.1. The summed E-state index contributed by atoms with van der Waals surface area (Å²) in [4.78, 5) is 25.5. The maximum Gasteiger partial charge on any atom is 0.341 e. The minimum atomic E-state index is -0.466. The topological polar surface area (TPSA) is 64.6 Å². The molecule has 0 saturated heterocycles. The van der Waals surface area contributed by atoms with Crippen LogP contribution < -0.4 is 10.1 Å². The molecule has 0 aliphatic rings. The molecule has 0 unspecified atom stereocenters. The monoisotopic (exact) mass is 397 g/mol. The summed E-state index contributed by atoms with van der Waals surface area (Å²) in [5, 5.41) is 3.27. The van der Waals surface area contributed by atoms with Gasteiger partial charge in [-0.05, 0) is 53.5 Å². The number of rotatable bonds is 4. The molecular formula is C16H16BrNO4S. The van der Waals surface area contributed by atoms with Crippen LogP contribution in [0.15, 0.2) is 22.7 Å². The Morgan fingerprint density at radius 1 is 1.22 bits per heavy atom. The van der Waals surface area contributed by atoms with Crippen LogP contribution in [0.1, 0.15) is 31.2 Å². The molecule has 2 aromatic rings. The SMILES string of the molecule is COC(=O)c1c(NC(=O)c2cc(OC)ccc2Br)sc(C)c1C. The van der Waals surface area contributed by atoms with E-state index < -0.39 is 5.97 Å². The smallest absolute Gasteiger partial charge is 0.341 e. The molecule has 0 saturated carbocycles. The summed E-state index contributed by atoms with van der Waals surface area (Å²) in [6.45, 7) is 3.72. The summed E-state index contributed by atoms with van der Waals surface area (Å²) in [5.74, 6) is -0.223. The molecule has 1 heterocycles. The van der Waals surface area contributed by atoms with Gasteiger partial charge in [0.25, 0.3) is 5.91 Å². The van der Waals surface area contributed by atoms with Crippen molar-refractivity contribution in [2.45, 2.75) is 13.8 Å². The Morgan fingerprint density at radius 3 is 2.52 bits per heavy atom. The number of halogens is 1. The van der Waals surface area contributed by atoms with Crippen molar-refractivity contribution in [1.29, 1.82) is 0 Å². The summed E-state index contributed by atoms with van der Waals surface area (Å²) in [6, 6.07) is 5.12. The first-order chi connectivity index (χ1) is 10.9. The second-order valence-electron chi connectivity index (χ2n) is 4.78. The third-order valence-corrected chi connectivity index (χ3v) is 5.23. The molecule has 1 amide bonds. The van der Waals surface area contributed by atoms with Gasteiger partial charge < -0.3 is 14.8 Å². The van der Waals surface area contributed by atoms with Gasteiger partial charge in [-0.2, -0.15) is 0 Å². The zero-order valence-corrected chi connectivity index (χ0v) is 15.6. The number of hydrogen-bond donors (Lipinski definition) is 1. The average molecular weight is 398 g/mol. The first-order valence-corrected chi connectivity index (χ1v) is 8.33. The Kier molecular flexibility index (Phi) is 5.43. The molecular weight excluding hydrogens is 382 g/mol. The number of carbonyl (C=O) groups excluding carboxylic acids is 2. The highest BCUT2D eigenvalue weighted by Crippen LogP contribution is 2.34. The van der Waals surface area contributed by atoms with Crippen LogP contribution in [0.5, 0.6) is 5.75 Å². The Labute approximate surface area is 146 Å². The van der Waals surface area contributed by atoms with Crippen molar-refractivity contribution in [1.82, 2.24) is 0 Å². The van der Waals surface area contributed by atoms with Crippen LogP contribution in [0, 0.1) is 13.8 Å². The van der Waals surface area contributed by atoms with Gasteiger partial charge in [0, 0.05) is 9.35 Å². The van der Waals surface area contributed by atoms with Gasteiger partial charge in [-0.15, -0.1) is 11.3 Å². The first kappa shape index (κ1) is 17.5. The minimum absolute atomic E-state index is 0.331. The van der Waals surface area contributed by atoms with Gasteiger partial charge in [-0.3, -0.25) is 4.79 Å². The molecule has 23 heavy (non-hydrogen) atoms. The Balaban J connectivity index is 2.38. The number of ether oxygens (including phenoxy) is 2. The van der Waals surface area contributed by atoms with Crippen molar-refractivity contribution < 1.29 is 19.1 Å². The number of methoxy groups -OCH3 is 2. The molecule has 0 atom stereocenters. The Morgan fingerprint density at radius 2 is 1.91 bits per heavy atom. The van der Waals surface area contributed by atoms with E-state index in [1.54, 1.807) is 18.2 Å². The van der Waals surface area contributed by atoms with E-state index in [1.165, 1.54) is 25.6 Å². The molecule has 7 heteroatoms. The molecule has 1 N–H and O–H groups in total. The first-order valence-electron chi connectivity index (χ1n) is 6.72. The van der Waals surface area contributed by atoms with Crippen LogP contribution in [0.2, 0.25) is 0 Å². The van der Waals surface area contributed by atoms with Gasteiger partial charge in [-0.1, -0.05) is 0 Å². The summed E-state index contributed by atoms with van der Waals surface area (Å²) < 4.78 is 10.6. The summed E-state index contributed by atoms with van der Waals surface area (Å²) in [5.41, 5.74) is 1.62. The van der Waals surface area contributed by atoms with Gasteiger partial charge in [0.05, 0.1) is 25.3 Å². The van der Waals surface area contributed by atoms with Crippen LogP contribution >= 0.6 is 27.3 Å². The minimum Gasteiger partial charge on any atom is -0.497 e. The Hall–Kier alpha value is -1.86. The van der Waals surface area contributed by atoms with Gasteiger partial charge in [0.2, 0.25) is 0 Å². The molecule has 0 aliphatic carbocycles. The lowest BCUT2D eigenvalue weighted by molar-refractivity contribution is 0.0601. The average Bonchev–Trinajstić information content (AvgIpc) is 2.81. The number of hydrogen-bond acceptors (Lipinski definition) is 5. The highest BCUT2D eigenvalue weighted by Gasteiger charge is 2.22. The summed E-state index contributed by atoms with van der Waals surface area (Å²) >= 11 is 4.69.